The number of ether oxygens (including phenoxy) is 1. The van der Waals surface area contributed by atoms with E-state index in [9.17, 15) is 29.4 Å². The molecule has 0 spiro atoms. The van der Waals surface area contributed by atoms with Crippen LogP contribution in [-0.2, 0) is 27.4 Å². The molecule has 1 unspecified atom stereocenters. The van der Waals surface area contributed by atoms with E-state index in [1.165, 1.54) is 9.36 Å². The molecule has 2 N–H and O–H groups in total. The summed E-state index contributed by atoms with van der Waals surface area (Å²) in [6, 6.07) is 8.75. The molecule has 10 nitrogen and oxygen atoms in total. The summed E-state index contributed by atoms with van der Waals surface area (Å²) in [7, 11) is 0. The molecule has 2 bridgehead atoms. The number of hydrogen-bond donors (Lipinski definition) is 2. The van der Waals surface area contributed by atoms with Gasteiger partial charge in [0.1, 0.15) is 23.7 Å². The fourth-order valence-corrected chi connectivity index (χ4v) is 8.90. The third-order valence-electron chi connectivity index (χ3n) is 11.2. The first-order chi connectivity index (χ1) is 19.4. The van der Waals surface area contributed by atoms with Gasteiger partial charge in [0.15, 0.2) is 5.78 Å². The molecule has 8 atom stereocenters. The zero-order valence-corrected chi connectivity index (χ0v) is 24.2. The molecule has 6 rings (SSSR count). The van der Waals surface area contributed by atoms with E-state index < -0.39 is 51.8 Å². The van der Waals surface area contributed by atoms with E-state index in [-0.39, 0.29) is 43.1 Å². The summed E-state index contributed by atoms with van der Waals surface area (Å²) in [4.78, 5) is 53.1. The number of para-hydroxylation sites is 1. The second-order valence-electron chi connectivity index (χ2n) is 12.6. The Hall–Kier alpha value is -2.95. The molecule has 3 saturated carbocycles. The summed E-state index contributed by atoms with van der Waals surface area (Å²) in [6.07, 6.45) is 1.36. The van der Waals surface area contributed by atoms with Crippen molar-refractivity contribution in [1.29, 1.82) is 0 Å². The lowest BCUT2D eigenvalue weighted by molar-refractivity contribution is -0.234. The number of hydrogen-bond acceptors (Lipinski definition) is 7. The Bertz CT molecular complexity index is 1560. The van der Waals surface area contributed by atoms with Gasteiger partial charge < -0.3 is 14.9 Å². The minimum absolute atomic E-state index is 0.112. The normalized spacial score (nSPS) is 38.0. The van der Waals surface area contributed by atoms with Crippen LogP contribution in [0.2, 0.25) is 0 Å². The Morgan fingerprint density at radius 1 is 1.12 bits per heavy atom. The van der Waals surface area contributed by atoms with E-state index >= 15 is 0 Å². The van der Waals surface area contributed by atoms with Crippen molar-refractivity contribution in [3.8, 4) is 5.69 Å². The van der Waals surface area contributed by atoms with Crippen LogP contribution >= 0.6 is 11.6 Å². The van der Waals surface area contributed by atoms with Crippen molar-refractivity contribution in [2.24, 2.45) is 28.6 Å². The lowest BCUT2D eigenvalue weighted by Gasteiger charge is -2.60. The Labute approximate surface area is 242 Å². The molecule has 1 aromatic heterocycles. The molecule has 0 saturated heterocycles. The molecule has 4 aliphatic rings. The van der Waals surface area contributed by atoms with Crippen molar-refractivity contribution in [1.82, 2.24) is 13.9 Å². The topological polar surface area (TPSA) is 133 Å². The number of nitrogens with zero attached hydrogens (tertiary/aromatic N) is 3. The van der Waals surface area contributed by atoms with E-state index in [0.717, 1.165) is 10.1 Å². The highest BCUT2D eigenvalue weighted by molar-refractivity contribution is 6.26. The summed E-state index contributed by atoms with van der Waals surface area (Å²) in [5.74, 6) is -2.45. The molecule has 3 aliphatic carbocycles. The van der Waals surface area contributed by atoms with Gasteiger partial charge in [-0.25, -0.2) is 23.5 Å². The highest BCUT2D eigenvalue weighted by Crippen LogP contribution is 2.70. The standard InChI is InChI=1S/C30H36ClN3O7/c1-17-9-11-29-14-22(35)25(37)30(29,40)28(17,3)23(41-24(36)15-31)13-21(18(29)2)19-10-12-32-26(38)34(27(39)33(32)16-19)20-7-5-4-6-8-20/h4-8,10,17-18,21-23,35,40H,9,11-16H2,1-3H3/t17-,18?,21-,22+,23-,28+,29+,30-/m1/s1. The van der Waals surface area contributed by atoms with Crippen LogP contribution in [0.5, 0.6) is 0 Å². The third kappa shape index (κ3) is 3.56. The molecular weight excluding hydrogens is 550 g/mol. The van der Waals surface area contributed by atoms with Crippen LogP contribution in [0.15, 0.2) is 51.6 Å². The summed E-state index contributed by atoms with van der Waals surface area (Å²) in [5, 5.41) is 23.5. The first kappa shape index (κ1) is 28.2. The van der Waals surface area contributed by atoms with Crippen LogP contribution in [0, 0.1) is 28.6 Å². The number of halogens is 1. The number of aromatic nitrogens is 3. The Balaban J connectivity index is 1.47. The maximum absolute atomic E-state index is 13.7. The summed E-state index contributed by atoms with van der Waals surface area (Å²) in [6.45, 7) is 6.06. The number of Topliss-reactive ketones (excluding diaryl/α,β-unsaturated/α-hetero) is 1. The molecule has 3 fully saturated rings. The van der Waals surface area contributed by atoms with Crippen LogP contribution in [0.25, 0.3) is 5.69 Å². The van der Waals surface area contributed by atoms with Gasteiger partial charge in [-0.05, 0) is 61.1 Å². The fraction of sp³-hybridized carbons (Fsp3) is 0.600. The quantitative estimate of drug-likeness (QED) is 0.319. The molecule has 0 amide bonds. The lowest BCUT2D eigenvalue weighted by Crippen LogP contribution is -2.69. The highest BCUT2D eigenvalue weighted by atomic mass is 35.5. The van der Waals surface area contributed by atoms with Gasteiger partial charge in [0.25, 0.3) is 0 Å². The van der Waals surface area contributed by atoms with Crippen molar-refractivity contribution in [2.45, 2.75) is 77.4 Å². The monoisotopic (exact) mass is 585 g/mol. The molecule has 220 valence electrons. The number of alkyl halides is 1. The molecule has 1 aliphatic heterocycles. The Kier molecular flexibility index (Phi) is 6.56. The van der Waals surface area contributed by atoms with Gasteiger partial charge in [-0.2, -0.15) is 0 Å². The lowest BCUT2D eigenvalue weighted by atomic mass is 9.46. The number of aliphatic hydroxyl groups is 2. The molecule has 11 heteroatoms. The van der Waals surface area contributed by atoms with Gasteiger partial charge in [0.2, 0.25) is 0 Å². The summed E-state index contributed by atoms with van der Waals surface area (Å²) >= 11 is 5.85. The Morgan fingerprint density at radius 2 is 1.80 bits per heavy atom. The van der Waals surface area contributed by atoms with Crippen molar-refractivity contribution in [2.75, 3.05) is 5.88 Å². The summed E-state index contributed by atoms with van der Waals surface area (Å²) < 4.78 is 9.94. The first-order valence-electron chi connectivity index (χ1n) is 14.3. The Morgan fingerprint density at radius 3 is 2.49 bits per heavy atom. The zero-order chi connectivity index (χ0) is 29.5. The number of carbonyl (C=O) groups excluding carboxylic acids is 2. The third-order valence-corrected chi connectivity index (χ3v) is 11.4. The van der Waals surface area contributed by atoms with E-state index in [4.69, 9.17) is 16.3 Å². The first-order valence-corrected chi connectivity index (χ1v) is 14.8. The number of esters is 1. The number of ketones is 1. The average molecular weight is 586 g/mol. The summed E-state index contributed by atoms with van der Waals surface area (Å²) in [5.41, 5.74) is -3.61. The van der Waals surface area contributed by atoms with Crippen LogP contribution < -0.4 is 11.4 Å². The molecule has 1 aromatic carbocycles. The van der Waals surface area contributed by atoms with E-state index in [1.54, 1.807) is 31.2 Å². The van der Waals surface area contributed by atoms with Crippen LogP contribution in [-0.4, -0.2) is 59.6 Å². The minimum atomic E-state index is -1.92. The van der Waals surface area contributed by atoms with E-state index in [1.807, 2.05) is 26.0 Å². The zero-order valence-electron chi connectivity index (χ0n) is 23.5. The van der Waals surface area contributed by atoms with Crippen LogP contribution in [0.1, 0.15) is 46.5 Å². The van der Waals surface area contributed by atoms with Gasteiger partial charge in [-0.15, -0.1) is 11.6 Å². The van der Waals surface area contributed by atoms with Gasteiger partial charge in [0, 0.05) is 10.8 Å². The second-order valence-corrected chi connectivity index (χ2v) is 12.8. The predicted molar refractivity (Wildman–Crippen MR) is 150 cm³/mol. The number of aliphatic hydroxyl groups excluding tert-OH is 1. The molecule has 0 radical (unpaired) electrons. The average Bonchev–Trinajstić information content (AvgIpc) is 3.34. The number of benzene rings is 1. The number of fused-ring (bicyclic) bond motifs is 1. The number of rotatable bonds is 4. The van der Waals surface area contributed by atoms with Crippen molar-refractivity contribution in [3.05, 3.63) is 62.9 Å². The smallest absolute Gasteiger partial charge is 0.352 e. The maximum Gasteiger partial charge on any atom is 0.352 e. The van der Waals surface area contributed by atoms with Crippen LogP contribution in [0.4, 0.5) is 0 Å². The fourth-order valence-electron chi connectivity index (χ4n) is 8.84. The van der Waals surface area contributed by atoms with E-state index in [0.29, 0.717) is 24.9 Å². The largest absolute Gasteiger partial charge is 0.461 e. The van der Waals surface area contributed by atoms with Gasteiger partial charge >= 0.3 is 17.3 Å². The SMILES string of the molecule is CC1[C@H](C2=CCn3c(=O)n(-c4ccccc4)c(=O)n3C2)C[C@@H](OC(=O)CCl)[C@]2(C)[C@H](C)CC[C@]13C[C@H](O)C(=O)[C@]32O. The number of carbonyl (C=O) groups is 2. The molecule has 2 aromatic rings. The minimum Gasteiger partial charge on any atom is -0.461 e. The number of allylic oxidation sites excluding steroid dienone is 2. The molecular formula is C30H36ClN3O7. The van der Waals surface area contributed by atoms with Crippen molar-refractivity contribution in [3.63, 3.8) is 0 Å². The van der Waals surface area contributed by atoms with Gasteiger partial charge in [0.05, 0.1) is 18.8 Å². The van der Waals surface area contributed by atoms with Gasteiger partial charge in [-0.1, -0.05) is 45.0 Å². The molecule has 2 heterocycles. The second kappa shape index (κ2) is 9.54. The molecule has 41 heavy (non-hydrogen) atoms. The maximum atomic E-state index is 13.7. The van der Waals surface area contributed by atoms with Gasteiger partial charge in [-0.3, -0.25) is 9.59 Å². The van der Waals surface area contributed by atoms with Crippen LogP contribution in [0.3, 0.4) is 0 Å². The van der Waals surface area contributed by atoms with Crippen molar-refractivity contribution >= 4 is 23.4 Å². The van der Waals surface area contributed by atoms with Crippen molar-refractivity contribution < 1.29 is 24.5 Å². The predicted octanol–water partition coefficient (Wildman–Crippen LogP) is 2.03. The van der Waals surface area contributed by atoms with E-state index in [2.05, 4.69) is 0 Å². The highest BCUT2D eigenvalue weighted by Gasteiger charge is 2.78.